The fraction of sp³-hybridized carbons (Fsp3) is 0.222. The molecule has 1 rings (SSSR count). The maximum absolute atomic E-state index is 7.08. The Bertz CT molecular complexity index is 352. The molecule has 0 spiro atoms. The molecule has 1 atom stereocenters. The molecule has 1 aromatic rings. The molecule has 0 heterocycles. The number of nitrogens with two attached hydrogens (primary N) is 1. The van der Waals surface area contributed by atoms with E-state index in [9.17, 15) is 0 Å². The highest BCUT2D eigenvalue weighted by atomic mass is 35.5. The molecule has 14 heavy (non-hydrogen) atoms. The van der Waals surface area contributed by atoms with Gasteiger partial charge in [-0.15, -0.1) is 0 Å². The van der Waals surface area contributed by atoms with Crippen molar-refractivity contribution in [1.82, 2.24) is 5.32 Å². The minimum absolute atomic E-state index is 0.0535. The Kier molecular flexibility index (Phi) is 3.61. The van der Waals surface area contributed by atoms with Gasteiger partial charge in [0.1, 0.15) is 0 Å². The lowest BCUT2D eigenvalue weighted by Crippen LogP contribution is -2.32. The van der Waals surface area contributed by atoms with E-state index in [-0.39, 0.29) is 12.0 Å². The highest BCUT2D eigenvalue weighted by Crippen LogP contribution is 2.25. The van der Waals surface area contributed by atoms with Crippen molar-refractivity contribution in [2.75, 3.05) is 0 Å². The predicted molar refractivity (Wildman–Crippen MR) is 59.9 cm³/mol. The first-order valence-electron chi connectivity index (χ1n) is 4.06. The molecule has 0 bridgehead atoms. The van der Waals surface area contributed by atoms with Gasteiger partial charge >= 0.3 is 0 Å². The Morgan fingerprint density at radius 1 is 1.43 bits per heavy atom. The van der Waals surface area contributed by atoms with E-state index in [0.717, 1.165) is 5.56 Å². The van der Waals surface area contributed by atoms with E-state index < -0.39 is 0 Å². The van der Waals surface area contributed by atoms with Crippen molar-refractivity contribution in [3.05, 3.63) is 33.8 Å². The van der Waals surface area contributed by atoms with Crippen LogP contribution in [-0.2, 0) is 0 Å². The molecule has 3 nitrogen and oxygen atoms in total. The van der Waals surface area contributed by atoms with E-state index in [1.807, 2.05) is 13.0 Å². The molecule has 0 aromatic heterocycles. The summed E-state index contributed by atoms with van der Waals surface area (Å²) in [6.07, 6.45) is 0. The second kappa shape index (κ2) is 4.53. The Labute approximate surface area is 92.7 Å². The molecule has 0 aliphatic rings. The van der Waals surface area contributed by atoms with Crippen LogP contribution in [0.3, 0.4) is 0 Å². The number of hydrogen-bond donors (Lipinski definition) is 3. The summed E-state index contributed by atoms with van der Waals surface area (Å²) in [5.74, 6) is -0.0661. The van der Waals surface area contributed by atoms with Crippen molar-refractivity contribution in [3.63, 3.8) is 0 Å². The van der Waals surface area contributed by atoms with Gasteiger partial charge in [0, 0.05) is 0 Å². The monoisotopic (exact) mass is 231 g/mol. The normalized spacial score (nSPS) is 12.2. The highest BCUT2D eigenvalue weighted by Gasteiger charge is 2.07. The van der Waals surface area contributed by atoms with Crippen LogP contribution in [0.5, 0.6) is 0 Å². The lowest BCUT2D eigenvalue weighted by Gasteiger charge is -2.14. The fourth-order valence-electron chi connectivity index (χ4n) is 1.10. The quantitative estimate of drug-likeness (QED) is 0.542. The zero-order valence-electron chi connectivity index (χ0n) is 7.64. The Morgan fingerprint density at radius 3 is 2.57 bits per heavy atom. The third kappa shape index (κ3) is 2.79. The molecule has 5 heteroatoms. The zero-order chi connectivity index (χ0) is 10.7. The van der Waals surface area contributed by atoms with E-state index >= 15 is 0 Å². The highest BCUT2D eigenvalue weighted by molar-refractivity contribution is 6.42. The van der Waals surface area contributed by atoms with Gasteiger partial charge in [-0.3, -0.25) is 5.41 Å². The molecule has 0 aliphatic carbocycles. The number of benzene rings is 1. The zero-order valence-corrected chi connectivity index (χ0v) is 9.15. The van der Waals surface area contributed by atoms with Crippen molar-refractivity contribution < 1.29 is 0 Å². The van der Waals surface area contributed by atoms with Crippen molar-refractivity contribution >= 4 is 29.2 Å². The van der Waals surface area contributed by atoms with E-state index in [1.54, 1.807) is 12.1 Å². The number of guanidine groups is 1. The number of rotatable bonds is 2. The fourth-order valence-corrected chi connectivity index (χ4v) is 1.40. The minimum Gasteiger partial charge on any atom is -0.370 e. The van der Waals surface area contributed by atoms with Crippen molar-refractivity contribution in [1.29, 1.82) is 5.41 Å². The Balaban J connectivity index is 2.85. The Morgan fingerprint density at radius 2 is 2.07 bits per heavy atom. The van der Waals surface area contributed by atoms with Gasteiger partial charge in [0.25, 0.3) is 0 Å². The molecule has 0 saturated heterocycles. The SMILES string of the molecule is CC(NC(=N)N)c1ccc(Cl)c(Cl)c1. The molecule has 0 radical (unpaired) electrons. The van der Waals surface area contributed by atoms with Crippen LogP contribution in [0.1, 0.15) is 18.5 Å². The topological polar surface area (TPSA) is 61.9 Å². The lowest BCUT2D eigenvalue weighted by molar-refractivity contribution is 0.709. The van der Waals surface area contributed by atoms with Gasteiger partial charge in [0.05, 0.1) is 16.1 Å². The summed E-state index contributed by atoms with van der Waals surface area (Å²) in [5, 5.41) is 10.9. The smallest absolute Gasteiger partial charge is 0.186 e. The van der Waals surface area contributed by atoms with Crippen LogP contribution in [0, 0.1) is 5.41 Å². The van der Waals surface area contributed by atoms with Crippen molar-refractivity contribution in [2.24, 2.45) is 5.73 Å². The molecular formula is C9H11Cl2N3. The lowest BCUT2D eigenvalue weighted by atomic mass is 10.1. The maximum atomic E-state index is 7.08. The molecule has 0 fully saturated rings. The largest absolute Gasteiger partial charge is 0.370 e. The van der Waals surface area contributed by atoms with Gasteiger partial charge in [-0.1, -0.05) is 29.3 Å². The molecule has 1 aromatic carbocycles. The van der Waals surface area contributed by atoms with Gasteiger partial charge in [-0.2, -0.15) is 0 Å². The summed E-state index contributed by atoms with van der Waals surface area (Å²) in [5.41, 5.74) is 6.15. The standard InChI is InChI=1S/C9H11Cl2N3/c1-5(14-9(12)13)6-2-3-7(10)8(11)4-6/h2-5H,1H3,(H4,12,13,14). The van der Waals surface area contributed by atoms with Crippen LogP contribution in [0.2, 0.25) is 10.0 Å². The minimum atomic E-state index is -0.0661. The summed E-state index contributed by atoms with van der Waals surface area (Å²) in [4.78, 5) is 0. The van der Waals surface area contributed by atoms with Gasteiger partial charge in [0.2, 0.25) is 0 Å². The summed E-state index contributed by atoms with van der Waals surface area (Å²) in [7, 11) is 0. The van der Waals surface area contributed by atoms with Crippen molar-refractivity contribution in [3.8, 4) is 0 Å². The van der Waals surface area contributed by atoms with Crippen LogP contribution in [0.15, 0.2) is 18.2 Å². The van der Waals surface area contributed by atoms with Gasteiger partial charge in [0.15, 0.2) is 5.96 Å². The van der Waals surface area contributed by atoms with E-state index in [2.05, 4.69) is 5.32 Å². The number of halogens is 2. The van der Waals surface area contributed by atoms with Gasteiger partial charge in [-0.25, -0.2) is 0 Å². The predicted octanol–water partition coefficient (Wildman–Crippen LogP) is 2.54. The summed E-state index contributed by atoms with van der Waals surface area (Å²) in [6.45, 7) is 1.89. The summed E-state index contributed by atoms with van der Waals surface area (Å²) < 4.78 is 0. The number of nitrogens with one attached hydrogen (secondary N) is 2. The van der Waals surface area contributed by atoms with E-state index in [1.165, 1.54) is 0 Å². The van der Waals surface area contributed by atoms with Crippen LogP contribution < -0.4 is 11.1 Å². The second-order valence-electron chi connectivity index (χ2n) is 2.95. The van der Waals surface area contributed by atoms with Crippen LogP contribution in [0.4, 0.5) is 0 Å². The number of hydrogen-bond acceptors (Lipinski definition) is 1. The first-order valence-corrected chi connectivity index (χ1v) is 4.82. The molecule has 0 amide bonds. The van der Waals surface area contributed by atoms with Crippen molar-refractivity contribution in [2.45, 2.75) is 13.0 Å². The second-order valence-corrected chi connectivity index (χ2v) is 3.77. The Hall–Kier alpha value is -0.930. The summed E-state index contributed by atoms with van der Waals surface area (Å²) >= 11 is 11.6. The van der Waals surface area contributed by atoms with Crippen LogP contribution >= 0.6 is 23.2 Å². The molecule has 76 valence electrons. The molecule has 4 N–H and O–H groups in total. The van der Waals surface area contributed by atoms with E-state index in [4.69, 9.17) is 34.3 Å². The first kappa shape index (κ1) is 11.1. The van der Waals surface area contributed by atoms with Crippen LogP contribution in [-0.4, -0.2) is 5.96 Å². The molecule has 0 aliphatic heterocycles. The van der Waals surface area contributed by atoms with Crippen LogP contribution in [0.25, 0.3) is 0 Å². The molecule has 1 unspecified atom stereocenters. The molecule has 0 saturated carbocycles. The average Bonchev–Trinajstić information content (AvgIpc) is 2.08. The first-order chi connectivity index (χ1) is 6.50. The maximum Gasteiger partial charge on any atom is 0.186 e. The van der Waals surface area contributed by atoms with Gasteiger partial charge in [-0.05, 0) is 24.6 Å². The summed E-state index contributed by atoms with van der Waals surface area (Å²) in [6, 6.07) is 5.26. The third-order valence-corrected chi connectivity index (χ3v) is 2.55. The van der Waals surface area contributed by atoms with E-state index in [0.29, 0.717) is 10.0 Å². The molecular weight excluding hydrogens is 221 g/mol. The third-order valence-electron chi connectivity index (χ3n) is 1.82. The average molecular weight is 232 g/mol. The van der Waals surface area contributed by atoms with Gasteiger partial charge < -0.3 is 11.1 Å².